The van der Waals surface area contributed by atoms with Crippen molar-refractivity contribution >= 4 is 27.5 Å². The number of carbonyl (C=O) groups is 1. The summed E-state index contributed by atoms with van der Waals surface area (Å²) in [6.07, 6.45) is 2.48. The van der Waals surface area contributed by atoms with Gasteiger partial charge in [-0.1, -0.05) is 21.1 Å². The quantitative estimate of drug-likeness (QED) is 0.677. The summed E-state index contributed by atoms with van der Waals surface area (Å²) < 4.78 is 6.16. The van der Waals surface area contributed by atoms with E-state index in [0.717, 1.165) is 33.5 Å². The first-order valence-corrected chi connectivity index (χ1v) is 8.13. The number of benzene rings is 2. The van der Waals surface area contributed by atoms with Gasteiger partial charge in [-0.15, -0.1) is 0 Å². The zero-order chi connectivity index (χ0) is 15.8. The van der Waals surface area contributed by atoms with E-state index in [1.807, 2.05) is 47.4 Å². The molecule has 23 heavy (non-hydrogen) atoms. The number of fused-ring (bicyclic) bond motifs is 1. The van der Waals surface area contributed by atoms with Gasteiger partial charge in [-0.3, -0.25) is 4.79 Å². The van der Waals surface area contributed by atoms with Crippen LogP contribution in [0.25, 0.3) is 11.3 Å². The standard InChI is InChI=1S/C18H13BrN2O2/c19-15-4-1-12(2-5-15)18(22)21-10-8-13-11-14(3-6-16(13)21)17-7-9-20-23-17/h1-7,9,11H,8,10H2. The number of aromatic nitrogens is 1. The Kier molecular flexibility index (Phi) is 3.50. The number of halogens is 1. The lowest BCUT2D eigenvalue weighted by Gasteiger charge is -2.17. The molecule has 0 bridgehead atoms. The third-order valence-corrected chi connectivity index (χ3v) is 4.56. The number of hydrogen-bond donors (Lipinski definition) is 0. The Morgan fingerprint density at radius 1 is 1.13 bits per heavy atom. The molecule has 1 aliphatic rings. The molecule has 0 N–H and O–H groups in total. The fraction of sp³-hybridized carbons (Fsp3) is 0.111. The molecule has 0 radical (unpaired) electrons. The predicted molar refractivity (Wildman–Crippen MR) is 91.5 cm³/mol. The molecule has 4 rings (SSSR count). The summed E-state index contributed by atoms with van der Waals surface area (Å²) in [5.41, 5.74) is 3.81. The van der Waals surface area contributed by atoms with Crippen LogP contribution in [0.4, 0.5) is 5.69 Å². The first-order valence-electron chi connectivity index (χ1n) is 7.34. The maximum absolute atomic E-state index is 12.7. The van der Waals surface area contributed by atoms with E-state index in [1.54, 1.807) is 6.20 Å². The van der Waals surface area contributed by atoms with E-state index in [0.29, 0.717) is 12.1 Å². The topological polar surface area (TPSA) is 46.3 Å². The smallest absolute Gasteiger partial charge is 0.258 e. The number of amides is 1. The fourth-order valence-electron chi connectivity index (χ4n) is 2.88. The molecule has 114 valence electrons. The summed E-state index contributed by atoms with van der Waals surface area (Å²) in [6, 6.07) is 15.3. The molecule has 1 aliphatic heterocycles. The Morgan fingerprint density at radius 2 is 1.96 bits per heavy atom. The van der Waals surface area contributed by atoms with Crippen molar-refractivity contribution in [3.05, 3.63) is 70.3 Å². The molecule has 0 aliphatic carbocycles. The normalized spacial score (nSPS) is 13.2. The Bertz CT molecular complexity index is 857. The van der Waals surface area contributed by atoms with Crippen molar-refractivity contribution in [3.63, 3.8) is 0 Å². The summed E-state index contributed by atoms with van der Waals surface area (Å²) in [5, 5.41) is 3.74. The van der Waals surface area contributed by atoms with Gasteiger partial charge >= 0.3 is 0 Å². The maximum Gasteiger partial charge on any atom is 0.258 e. The zero-order valence-electron chi connectivity index (χ0n) is 12.2. The molecule has 5 heteroatoms. The summed E-state index contributed by atoms with van der Waals surface area (Å²) in [4.78, 5) is 14.6. The molecule has 4 nitrogen and oxygen atoms in total. The van der Waals surface area contributed by atoms with Crippen LogP contribution >= 0.6 is 15.9 Å². The highest BCUT2D eigenvalue weighted by Crippen LogP contribution is 2.33. The molecule has 0 fully saturated rings. The van der Waals surface area contributed by atoms with Gasteiger partial charge in [0.2, 0.25) is 0 Å². The van der Waals surface area contributed by atoms with Gasteiger partial charge in [0.25, 0.3) is 5.91 Å². The Hall–Kier alpha value is -2.40. The van der Waals surface area contributed by atoms with Gasteiger partial charge in [-0.25, -0.2) is 0 Å². The number of anilines is 1. The van der Waals surface area contributed by atoms with Crippen molar-refractivity contribution in [1.82, 2.24) is 5.16 Å². The van der Waals surface area contributed by atoms with Crippen molar-refractivity contribution in [2.45, 2.75) is 6.42 Å². The lowest BCUT2D eigenvalue weighted by molar-refractivity contribution is 0.0989. The van der Waals surface area contributed by atoms with Crippen LogP contribution < -0.4 is 4.90 Å². The van der Waals surface area contributed by atoms with Crippen molar-refractivity contribution in [3.8, 4) is 11.3 Å². The molecule has 2 aromatic carbocycles. The minimum Gasteiger partial charge on any atom is -0.356 e. The molecule has 0 atom stereocenters. The van der Waals surface area contributed by atoms with Crippen molar-refractivity contribution in [2.24, 2.45) is 0 Å². The third-order valence-electron chi connectivity index (χ3n) is 4.03. The first-order chi connectivity index (χ1) is 11.2. The average Bonchev–Trinajstić information content (AvgIpc) is 3.24. The Balaban J connectivity index is 1.65. The van der Waals surface area contributed by atoms with E-state index in [4.69, 9.17) is 4.52 Å². The molecule has 0 spiro atoms. The first kappa shape index (κ1) is 14.2. The SMILES string of the molecule is O=C(c1ccc(Br)cc1)N1CCc2cc(-c3ccno3)ccc21. The van der Waals surface area contributed by atoms with Crippen LogP contribution in [-0.2, 0) is 6.42 Å². The van der Waals surface area contributed by atoms with Crippen LogP contribution in [0.3, 0.4) is 0 Å². The molecule has 0 saturated heterocycles. The summed E-state index contributed by atoms with van der Waals surface area (Å²) in [6.45, 7) is 0.699. The van der Waals surface area contributed by atoms with E-state index in [1.165, 1.54) is 0 Å². The molecule has 1 aromatic heterocycles. The van der Waals surface area contributed by atoms with Gasteiger partial charge in [-0.2, -0.15) is 0 Å². The average molecular weight is 369 g/mol. The summed E-state index contributed by atoms with van der Waals surface area (Å²) in [7, 11) is 0. The van der Waals surface area contributed by atoms with E-state index in [9.17, 15) is 4.79 Å². The lowest BCUT2D eigenvalue weighted by Crippen LogP contribution is -2.28. The van der Waals surface area contributed by atoms with E-state index >= 15 is 0 Å². The Labute approximate surface area is 141 Å². The maximum atomic E-state index is 12.7. The number of nitrogens with zero attached hydrogens (tertiary/aromatic N) is 2. The van der Waals surface area contributed by atoms with Crippen LogP contribution in [-0.4, -0.2) is 17.6 Å². The number of carbonyl (C=O) groups excluding carboxylic acids is 1. The molecule has 3 aromatic rings. The van der Waals surface area contributed by atoms with Crippen LogP contribution in [0.2, 0.25) is 0 Å². The van der Waals surface area contributed by atoms with Crippen molar-refractivity contribution in [1.29, 1.82) is 0 Å². The van der Waals surface area contributed by atoms with Gasteiger partial charge in [-0.05, 0) is 54.4 Å². The fourth-order valence-corrected chi connectivity index (χ4v) is 3.14. The van der Waals surface area contributed by atoms with Crippen LogP contribution in [0, 0.1) is 0 Å². The van der Waals surface area contributed by atoms with Gasteiger partial charge < -0.3 is 9.42 Å². The molecule has 0 saturated carbocycles. The molecular weight excluding hydrogens is 356 g/mol. The minimum absolute atomic E-state index is 0.0312. The predicted octanol–water partition coefficient (Wildman–Crippen LogP) is 4.31. The number of rotatable bonds is 2. The lowest BCUT2D eigenvalue weighted by atomic mass is 10.1. The highest BCUT2D eigenvalue weighted by Gasteiger charge is 2.26. The van der Waals surface area contributed by atoms with Gasteiger partial charge in [0.1, 0.15) is 0 Å². The summed E-state index contributed by atoms with van der Waals surface area (Å²) in [5.74, 6) is 0.772. The van der Waals surface area contributed by atoms with Crippen molar-refractivity contribution < 1.29 is 9.32 Å². The van der Waals surface area contributed by atoms with Crippen molar-refractivity contribution in [2.75, 3.05) is 11.4 Å². The van der Waals surface area contributed by atoms with E-state index in [-0.39, 0.29) is 5.91 Å². The Morgan fingerprint density at radius 3 is 2.70 bits per heavy atom. The van der Waals surface area contributed by atoms with Crippen LogP contribution in [0.15, 0.2) is 63.7 Å². The van der Waals surface area contributed by atoms with Gasteiger partial charge in [0.05, 0.1) is 6.20 Å². The molecule has 1 amide bonds. The number of hydrogen-bond acceptors (Lipinski definition) is 3. The second kappa shape index (κ2) is 5.66. The second-order valence-electron chi connectivity index (χ2n) is 5.43. The van der Waals surface area contributed by atoms with E-state index in [2.05, 4.69) is 27.2 Å². The molecule has 2 heterocycles. The molecular formula is C18H13BrN2O2. The van der Waals surface area contributed by atoms with Crippen LogP contribution in [0.1, 0.15) is 15.9 Å². The minimum atomic E-state index is 0.0312. The summed E-state index contributed by atoms with van der Waals surface area (Å²) >= 11 is 3.39. The molecule has 0 unspecified atom stereocenters. The van der Waals surface area contributed by atoms with E-state index < -0.39 is 0 Å². The largest absolute Gasteiger partial charge is 0.356 e. The monoisotopic (exact) mass is 368 g/mol. The highest BCUT2D eigenvalue weighted by molar-refractivity contribution is 9.10. The van der Waals surface area contributed by atoms with Crippen LogP contribution in [0.5, 0.6) is 0 Å². The van der Waals surface area contributed by atoms with Gasteiger partial charge in [0.15, 0.2) is 5.76 Å². The highest BCUT2D eigenvalue weighted by atomic mass is 79.9. The van der Waals surface area contributed by atoms with Gasteiger partial charge in [0, 0.05) is 33.9 Å². The second-order valence-corrected chi connectivity index (χ2v) is 6.35. The zero-order valence-corrected chi connectivity index (χ0v) is 13.8. The third kappa shape index (κ3) is 2.57.